The summed E-state index contributed by atoms with van der Waals surface area (Å²) in [5.74, 6) is -2.19. The number of ether oxygens (including phenoxy) is 1. The summed E-state index contributed by atoms with van der Waals surface area (Å²) >= 11 is 1.12. The van der Waals surface area contributed by atoms with Gasteiger partial charge in [-0.15, -0.1) is 11.3 Å². The van der Waals surface area contributed by atoms with Crippen molar-refractivity contribution in [2.24, 2.45) is 0 Å². The standard InChI is InChI=1S/C13H11FN2O4S/c1-20-10-3-2-7(4-8(10)14)12(17)15-5-11-16-9(6-21-11)13(18)19/h2-4,6H,5H2,1H3,(H,15,17)(H,18,19). The van der Waals surface area contributed by atoms with Crippen molar-refractivity contribution in [3.8, 4) is 5.75 Å². The Labute approximate surface area is 123 Å². The number of rotatable bonds is 5. The van der Waals surface area contributed by atoms with Crippen molar-refractivity contribution in [2.75, 3.05) is 7.11 Å². The minimum atomic E-state index is -1.12. The van der Waals surface area contributed by atoms with Gasteiger partial charge >= 0.3 is 5.97 Å². The molecule has 1 amide bonds. The second-order valence-electron chi connectivity index (χ2n) is 3.96. The van der Waals surface area contributed by atoms with E-state index in [9.17, 15) is 14.0 Å². The molecule has 110 valence electrons. The molecular formula is C13H11FN2O4S. The fourth-order valence-corrected chi connectivity index (χ4v) is 2.26. The average Bonchev–Trinajstić information content (AvgIpc) is 2.93. The number of nitrogens with zero attached hydrogens (tertiary/aromatic N) is 1. The van der Waals surface area contributed by atoms with Crippen LogP contribution in [-0.4, -0.2) is 29.1 Å². The van der Waals surface area contributed by atoms with Crippen LogP contribution in [0.5, 0.6) is 5.75 Å². The smallest absolute Gasteiger partial charge is 0.355 e. The summed E-state index contributed by atoms with van der Waals surface area (Å²) in [6.45, 7) is 0.0738. The Morgan fingerprint density at radius 3 is 2.81 bits per heavy atom. The van der Waals surface area contributed by atoms with Crippen molar-refractivity contribution >= 4 is 23.2 Å². The molecule has 2 aromatic rings. The molecular weight excluding hydrogens is 299 g/mol. The maximum Gasteiger partial charge on any atom is 0.355 e. The lowest BCUT2D eigenvalue weighted by Crippen LogP contribution is -2.22. The zero-order chi connectivity index (χ0) is 15.4. The van der Waals surface area contributed by atoms with Gasteiger partial charge in [0.1, 0.15) is 5.01 Å². The first-order chi connectivity index (χ1) is 10.0. The lowest BCUT2D eigenvalue weighted by Gasteiger charge is -2.05. The van der Waals surface area contributed by atoms with Crippen molar-refractivity contribution in [3.05, 3.63) is 45.7 Å². The highest BCUT2D eigenvalue weighted by atomic mass is 32.1. The van der Waals surface area contributed by atoms with Crippen LogP contribution in [0, 0.1) is 5.82 Å². The predicted octanol–water partition coefficient (Wildman–Crippen LogP) is 1.92. The monoisotopic (exact) mass is 310 g/mol. The van der Waals surface area contributed by atoms with Gasteiger partial charge < -0.3 is 15.2 Å². The second-order valence-corrected chi connectivity index (χ2v) is 4.91. The van der Waals surface area contributed by atoms with Gasteiger partial charge in [-0.2, -0.15) is 0 Å². The van der Waals surface area contributed by atoms with Crippen LogP contribution < -0.4 is 10.1 Å². The molecule has 2 rings (SSSR count). The number of aromatic nitrogens is 1. The van der Waals surface area contributed by atoms with E-state index in [1.807, 2.05) is 0 Å². The number of carbonyl (C=O) groups excluding carboxylic acids is 1. The Balaban J connectivity index is 2.01. The molecule has 0 aliphatic rings. The van der Waals surface area contributed by atoms with E-state index in [0.29, 0.717) is 5.01 Å². The maximum atomic E-state index is 13.5. The molecule has 0 atom stereocenters. The first-order valence-electron chi connectivity index (χ1n) is 5.80. The van der Waals surface area contributed by atoms with Crippen LogP contribution in [0.3, 0.4) is 0 Å². The molecule has 0 fully saturated rings. The molecule has 0 unspecified atom stereocenters. The number of hydrogen-bond donors (Lipinski definition) is 2. The van der Waals surface area contributed by atoms with Crippen LogP contribution in [0.4, 0.5) is 4.39 Å². The topological polar surface area (TPSA) is 88.5 Å². The molecule has 2 N–H and O–H groups in total. The lowest BCUT2D eigenvalue weighted by molar-refractivity contribution is 0.0691. The number of amides is 1. The number of methoxy groups -OCH3 is 1. The molecule has 8 heteroatoms. The number of hydrogen-bond acceptors (Lipinski definition) is 5. The molecule has 0 saturated heterocycles. The number of carboxylic acids is 1. The highest BCUT2D eigenvalue weighted by molar-refractivity contribution is 7.09. The molecule has 0 saturated carbocycles. The number of nitrogens with one attached hydrogen (secondary N) is 1. The molecule has 0 radical (unpaired) electrons. The number of halogens is 1. The largest absolute Gasteiger partial charge is 0.494 e. The van der Waals surface area contributed by atoms with Crippen LogP contribution in [0.1, 0.15) is 25.9 Å². The molecule has 1 heterocycles. The fourth-order valence-electron chi connectivity index (χ4n) is 1.56. The summed E-state index contributed by atoms with van der Waals surface area (Å²) in [4.78, 5) is 26.4. The van der Waals surface area contributed by atoms with E-state index < -0.39 is 17.7 Å². The van der Waals surface area contributed by atoms with Crippen molar-refractivity contribution in [3.63, 3.8) is 0 Å². The number of carbonyl (C=O) groups is 2. The predicted molar refractivity (Wildman–Crippen MR) is 73.2 cm³/mol. The zero-order valence-corrected chi connectivity index (χ0v) is 11.7. The van der Waals surface area contributed by atoms with Crippen LogP contribution in [0.25, 0.3) is 0 Å². The highest BCUT2D eigenvalue weighted by Gasteiger charge is 2.12. The maximum absolute atomic E-state index is 13.5. The summed E-state index contributed by atoms with van der Waals surface area (Å²) in [5, 5.41) is 13.1. The van der Waals surface area contributed by atoms with E-state index in [2.05, 4.69) is 10.3 Å². The molecule has 0 spiro atoms. The third-order valence-corrected chi connectivity index (χ3v) is 3.43. The SMILES string of the molecule is COc1ccc(C(=O)NCc2nc(C(=O)O)cs2)cc1F. The van der Waals surface area contributed by atoms with Gasteiger partial charge in [0.25, 0.3) is 5.91 Å². The van der Waals surface area contributed by atoms with E-state index in [4.69, 9.17) is 9.84 Å². The zero-order valence-electron chi connectivity index (χ0n) is 10.9. The van der Waals surface area contributed by atoms with Gasteiger partial charge in [0.15, 0.2) is 17.3 Å². The van der Waals surface area contributed by atoms with E-state index in [-0.39, 0.29) is 23.6 Å². The van der Waals surface area contributed by atoms with Gasteiger partial charge in [0.2, 0.25) is 0 Å². The Bertz CT molecular complexity index is 687. The Kier molecular flexibility index (Phi) is 4.49. The molecule has 0 bridgehead atoms. The van der Waals surface area contributed by atoms with Crippen LogP contribution in [0.2, 0.25) is 0 Å². The first-order valence-corrected chi connectivity index (χ1v) is 6.68. The third kappa shape index (κ3) is 3.54. The number of benzene rings is 1. The van der Waals surface area contributed by atoms with Gasteiger partial charge in [-0.25, -0.2) is 14.2 Å². The van der Waals surface area contributed by atoms with Crippen LogP contribution in [-0.2, 0) is 6.54 Å². The van der Waals surface area contributed by atoms with Gasteiger partial charge in [0, 0.05) is 10.9 Å². The van der Waals surface area contributed by atoms with E-state index in [1.165, 1.54) is 24.6 Å². The summed E-state index contributed by atoms with van der Waals surface area (Å²) in [6.07, 6.45) is 0. The minimum Gasteiger partial charge on any atom is -0.494 e. The van der Waals surface area contributed by atoms with E-state index >= 15 is 0 Å². The van der Waals surface area contributed by atoms with E-state index in [0.717, 1.165) is 17.4 Å². The van der Waals surface area contributed by atoms with Crippen LogP contribution >= 0.6 is 11.3 Å². The summed E-state index contributed by atoms with van der Waals surface area (Å²) < 4.78 is 18.2. The van der Waals surface area contributed by atoms with Crippen LogP contribution in [0.15, 0.2) is 23.6 Å². The summed E-state index contributed by atoms with van der Waals surface area (Å²) in [7, 11) is 1.33. The quantitative estimate of drug-likeness (QED) is 0.881. The molecule has 1 aromatic carbocycles. The first kappa shape index (κ1) is 14.9. The van der Waals surface area contributed by atoms with Crippen molar-refractivity contribution in [1.29, 1.82) is 0 Å². The number of aromatic carboxylic acids is 1. The second kappa shape index (κ2) is 6.31. The minimum absolute atomic E-state index is 0.0533. The molecule has 0 aliphatic heterocycles. The lowest BCUT2D eigenvalue weighted by atomic mass is 10.2. The number of thiazole rings is 1. The Hall–Kier alpha value is -2.48. The highest BCUT2D eigenvalue weighted by Crippen LogP contribution is 2.17. The van der Waals surface area contributed by atoms with Crippen molar-refractivity contribution < 1.29 is 23.8 Å². The Morgan fingerprint density at radius 2 is 2.24 bits per heavy atom. The third-order valence-electron chi connectivity index (χ3n) is 2.59. The molecule has 1 aromatic heterocycles. The van der Waals surface area contributed by atoms with E-state index in [1.54, 1.807) is 0 Å². The number of carboxylic acid groups (broad SMARTS) is 1. The van der Waals surface area contributed by atoms with Gasteiger partial charge in [-0.05, 0) is 18.2 Å². The van der Waals surface area contributed by atoms with Crippen molar-refractivity contribution in [2.45, 2.75) is 6.54 Å². The van der Waals surface area contributed by atoms with Gasteiger partial charge in [0.05, 0.1) is 13.7 Å². The fraction of sp³-hybridized carbons (Fsp3) is 0.154. The average molecular weight is 310 g/mol. The summed E-state index contributed by atoms with van der Waals surface area (Å²) in [6, 6.07) is 3.86. The summed E-state index contributed by atoms with van der Waals surface area (Å²) in [5.41, 5.74) is 0.0723. The van der Waals surface area contributed by atoms with Crippen molar-refractivity contribution in [1.82, 2.24) is 10.3 Å². The Morgan fingerprint density at radius 1 is 1.48 bits per heavy atom. The molecule has 6 nitrogen and oxygen atoms in total. The normalized spacial score (nSPS) is 10.2. The van der Waals surface area contributed by atoms with Gasteiger partial charge in [-0.1, -0.05) is 0 Å². The van der Waals surface area contributed by atoms with Gasteiger partial charge in [-0.3, -0.25) is 4.79 Å². The molecule has 0 aliphatic carbocycles. The molecule has 21 heavy (non-hydrogen) atoms.